The number of ketones is 1. The van der Waals surface area contributed by atoms with Crippen LogP contribution in [0.15, 0.2) is 71.2 Å². The molecule has 0 N–H and O–H groups in total. The summed E-state index contributed by atoms with van der Waals surface area (Å²) in [6.07, 6.45) is 2.99. The summed E-state index contributed by atoms with van der Waals surface area (Å²) < 4.78 is 27.6. The first kappa shape index (κ1) is 24.6. The minimum absolute atomic E-state index is 0.285. The molecule has 0 aliphatic rings. The molecule has 0 unspecified atom stereocenters. The van der Waals surface area contributed by atoms with E-state index in [1.165, 1.54) is 20.3 Å². The maximum absolute atomic E-state index is 13.2. The summed E-state index contributed by atoms with van der Waals surface area (Å²) in [6, 6.07) is 17.3. The van der Waals surface area contributed by atoms with Crippen LogP contribution in [0, 0.1) is 6.92 Å². The number of benzene rings is 3. The standard InChI is InChI=1S/C29H26O7/c1-5-34-21-12-15-27-23(17-21)28(18(2)35-27)29(31)36-25-9-7-6-8-19(25)10-13-24(30)22-16-20(32-3)11-14-26(22)33-4/h6-17H,5H2,1-4H3/b13-10+. The van der Waals surface area contributed by atoms with E-state index in [0.717, 1.165) is 0 Å². The van der Waals surface area contributed by atoms with Crippen LogP contribution in [0.5, 0.6) is 23.0 Å². The Kier molecular flexibility index (Phi) is 7.39. The Bertz CT molecular complexity index is 1450. The van der Waals surface area contributed by atoms with Crippen LogP contribution in [0.3, 0.4) is 0 Å². The highest BCUT2D eigenvalue weighted by molar-refractivity contribution is 6.09. The van der Waals surface area contributed by atoms with Crippen molar-refractivity contribution < 1.29 is 33.0 Å². The zero-order valence-electron chi connectivity index (χ0n) is 20.5. The Balaban J connectivity index is 1.61. The molecule has 0 spiro atoms. The Morgan fingerprint density at radius 1 is 0.917 bits per heavy atom. The molecule has 0 atom stereocenters. The summed E-state index contributed by atoms with van der Waals surface area (Å²) >= 11 is 0. The van der Waals surface area contributed by atoms with Gasteiger partial charge in [0.05, 0.1) is 26.4 Å². The van der Waals surface area contributed by atoms with Gasteiger partial charge in [-0.25, -0.2) is 4.79 Å². The summed E-state index contributed by atoms with van der Waals surface area (Å²) in [6.45, 7) is 4.10. The molecule has 4 aromatic rings. The smallest absolute Gasteiger partial charge is 0.347 e. The molecule has 0 saturated heterocycles. The second-order valence-electron chi connectivity index (χ2n) is 7.82. The predicted octanol–water partition coefficient (Wildman–Crippen LogP) is 6.27. The second-order valence-corrected chi connectivity index (χ2v) is 7.82. The summed E-state index contributed by atoms with van der Waals surface area (Å²) in [5.41, 5.74) is 1.80. The maximum Gasteiger partial charge on any atom is 0.347 e. The van der Waals surface area contributed by atoms with Crippen molar-refractivity contribution in [3.63, 3.8) is 0 Å². The van der Waals surface area contributed by atoms with Gasteiger partial charge >= 0.3 is 5.97 Å². The molecule has 0 saturated carbocycles. The van der Waals surface area contributed by atoms with E-state index in [9.17, 15) is 9.59 Å². The van der Waals surface area contributed by atoms with Gasteiger partial charge in [0.15, 0.2) is 5.78 Å². The minimum Gasteiger partial charge on any atom is -0.497 e. The number of esters is 1. The van der Waals surface area contributed by atoms with Crippen LogP contribution >= 0.6 is 0 Å². The third-order valence-corrected chi connectivity index (χ3v) is 5.56. The molecule has 0 aliphatic carbocycles. The number of hydrogen-bond acceptors (Lipinski definition) is 7. The molecule has 0 aliphatic heterocycles. The molecule has 184 valence electrons. The van der Waals surface area contributed by atoms with Crippen LogP contribution in [0.2, 0.25) is 0 Å². The average molecular weight is 487 g/mol. The number of fused-ring (bicyclic) bond motifs is 1. The van der Waals surface area contributed by atoms with E-state index in [0.29, 0.717) is 63.0 Å². The molecular weight excluding hydrogens is 460 g/mol. The van der Waals surface area contributed by atoms with Gasteiger partial charge in [-0.15, -0.1) is 0 Å². The van der Waals surface area contributed by atoms with E-state index in [4.69, 9.17) is 23.4 Å². The topological polar surface area (TPSA) is 84.2 Å². The van der Waals surface area contributed by atoms with Gasteiger partial charge in [-0.2, -0.15) is 0 Å². The van der Waals surface area contributed by atoms with Crippen LogP contribution in [0.4, 0.5) is 0 Å². The number of furan rings is 1. The Labute approximate surface area is 208 Å². The van der Waals surface area contributed by atoms with Crippen molar-refractivity contribution in [2.45, 2.75) is 13.8 Å². The van der Waals surface area contributed by atoms with Crippen LogP contribution in [-0.2, 0) is 0 Å². The number of carbonyl (C=O) groups is 2. The number of allylic oxidation sites excluding steroid dienone is 1. The van der Waals surface area contributed by atoms with Crippen LogP contribution in [-0.4, -0.2) is 32.6 Å². The van der Waals surface area contributed by atoms with Crippen LogP contribution in [0.25, 0.3) is 17.0 Å². The first-order valence-electron chi connectivity index (χ1n) is 11.4. The van der Waals surface area contributed by atoms with Gasteiger partial charge in [0, 0.05) is 10.9 Å². The fourth-order valence-corrected chi connectivity index (χ4v) is 3.83. The fraction of sp³-hybridized carbons (Fsp3) is 0.172. The van der Waals surface area contributed by atoms with E-state index in [1.54, 1.807) is 73.7 Å². The highest BCUT2D eigenvalue weighted by Gasteiger charge is 2.22. The number of carbonyl (C=O) groups excluding carboxylic acids is 2. The van der Waals surface area contributed by atoms with Crippen molar-refractivity contribution in [1.29, 1.82) is 0 Å². The van der Waals surface area contributed by atoms with Gasteiger partial charge < -0.3 is 23.4 Å². The largest absolute Gasteiger partial charge is 0.497 e. The van der Waals surface area contributed by atoms with E-state index in [1.807, 2.05) is 6.92 Å². The third kappa shape index (κ3) is 5.10. The molecule has 1 aromatic heterocycles. The SMILES string of the molecule is CCOc1ccc2oc(C)c(C(=O)Oc3ccccc3/C=C/C(=O)c3cc(OC)ccc3OC)c2c1. The summed E-state index contributed by atoms with van der Waals surface area (Å²) in [4.78, 5) is 26.1. The second kappa shape index (κ2) is 10.8. The van der Waals surface area contributed by atoms with Crippen LogP contribution < -0.4 is 18.9 Å². The highest BCUT2D eigenvalue weighted by atomic mass is 16.5. The first-order valence-corrected chi connectivity index (χ1v) is 11.4. The molecule has 0 bridgehead atoms. The molecule has 1 heterocycles. The average Bonchev–Trinajstić information content (AvgIpc) is 3.22. The van der Waals surface area contributed by atoms with E-state index >= 15 is 0 Å². The lowest BCUT2D eigenvalue weighted by atomic mass is 10.1. The van der Waals surface area contributed by atoms with Gasteiger partial charge in [-0.3, -0.25) is 4.79 Å². The van der Waals surface area contributed by atoms with Crippen molar-refractivity contribution in [2.75, 3.05) is 20.8 Å². The Morgan fingerprint density at radius 2 is 1.69 bits per heavy atom. The third-order valence-electron chi connectivity index (χ3n) is 5.56. The molecular formula is C29H26O7. The zero-order valence-corrected chi connectivity index (χ0v) is 20.5. The number of hydrogen-bond donors (Lipinski definition) is 0. The monoisotopic (exact) mass is 486 g/mol. The highest BCUT2D eigenvalue weighted by Crippen LogP contribution is 2.31. The molecule has 0 amide bonds. The lowest BCUT2D eigenvalue weighted by Crippen LogP contribution is -2.10. The van der Waals surface area contributed by atoms with Gasteiger partial charge in [0.25, 0.3) is 0 Å². The van der Waals surface area contributed by atoms with Crippen LogP contribution in [0.1, 0.15) is 39.0 Å². The maximum atomic E-state index is 13.2. The predicted molar refractivity (Wildman–Crippen MR) is 136 cm³/mol. The van der Waals surface area contributed by atoms with E-state index in [2.05, 4.69) is 0 Å². The number of para-hydroxylation sites is 1. The summed E-state index contributed by atoms with van der Waals surface area (Å²) in [5.74, 6) is 1.50. The number of aryl methyl sites for hydroxylation is 1. The summed E-state index contributed by atoms with van der Waals surface area (Å²) in [5, 5.41) is 0.608. The van der Waals surface area contributed by atoms with Crippen molar-refractivity contribution >= 4 is 28.8 Å². The van der Waals surface area contributed by atoms with E-state index in [-0.39, 0.29) is 5.78 Å². The molecule has 0 fully saturated rings. The number of ether oxygens (including phenoxy) is 4. The van der Waals surface area contributed by atoms with Crippen molar-refractivity contribution in [3.05, 3.63) is 89.2 Å². The molecule has 36 heavy (non-hydrogen) atoms. The van der Waals surface area contributed by atoms with E-state index < -0.39 is 5.97 Å². The first-order chi connectivity index (χ1) is 17.4. The lowest BCUT2D eigenvalue weighted by Gasteiger charge is -2.09. The fourth-order valence-electron chi connectivity index (χ4n) is 3.83. The molecule has 0 radical (unpaired) electrons. The summed E-state index contributed by atoms with van der Waals surface area (Å²) in [7, 11) is 3.02. The molecule has 4 rings (SSSR count). The molecule has 7 nitrogen and oxygen atoms in total. The van der Waals surface area contributed by atoms with Gasteiger partial charge in [-0.05, 0) is 68.5 Å². The lowest BCUT2D eigenvalue weighted by molar-refractivity contribution is 0.0734. The zero-order chi connectivity index (χ0) is 25.7. The molecule has 7 heteroatoms. The van der Waals surface area contributed by atoms with Gasteiger partial charge in [-0.1, -0.05) is 18.2 Å². The quantitative estimate of drug-likeness (QED) is 0.119. The minimum atomic E-state index is -0.568. The van der Waals surface area contributed by atoms with Crippen molar-refractivity contribution in [2.24, 2.45) is 0 Å². The van der Waals surface area contributed by atoms with Gasteiger partial charge in [0.1, 0.15) is 39.9 Å². The molecule has 3 aromatic carbocycles. The van der Waals surface area contributed by atoms with Gasteiger partial charge in [0.2, 0.25) is 0 Å². The Hall–Kier alpha value is -4.52. The Morgan fingerprint density at radius 3 is 2.44 bits per heavy atom. The van der Waals surface area contributed by atoms with Crippen molar-refractivity contribution in [3.8, 4) is 23.0 Å². The number of rotatable bonds is 9. The van der Waals surface area contributed by atoms with Crippen molar-refractivity contribution in [1.82, 2.24) is 0 Å². The normalized spacial score (nSPS) is 11.0. The number of methoxy groups -OCH3 is 2.